The molecule has 3 aromatic carbocycles. The van der Waals surface area contributed by atoms with Gasteiger partial charge in [0.05, 0.1) is 0 Å². The van der Waals surface area contributed by atoms with Crippen LogP contribution in [0.4, 0.5) is 14.5 Å². The minimum absolute atomic E-state index is 0.282. The largest absolute Gasteiger partial charge is 0.334 e. The van der Waals surface area contributed by atoms with Gasteiger partial charge in [-0.05, 0) is 72.8 Å². The second kappa shape index (κ2) is 7.40. The number of carbonyl (C=O) groups is 1. The van der Waals surface area contributed by atoms with Crippen molar-refractivity contribution in [3.63, 3.8) is 0 Å². The van der Waals surface area contributed by atoms with Crippen molar-refractivity contribution in [1.82, 2.24) is 10.1 Å². The van der Waals surface area contributed by atoms with Crippen molar-refractivity contribution in [3.05, 3.63) is 90.0 Å². The summed E-state index contributed by atoms with van der Waals surface area (Å²) in [6, 6.07) is 17.9. The Morgan fingerprint density at radius 1 is 0.786 bits per heavy atom. The second-order valence-electron chi connectivity index (χ2n) is 5.97. The molecule has 1 aromatic heterocycles. The Morgan fingerprint density at radius 2 is 1.36 bits per heavy atom. The number of anilines is 1. The maximum Gasteiger partial charge on any atom is 0.258 e. The Bertz CT molecular complexity index is 1110. The quantitative estimate of drug-likeness (QED) is 0.547. The van der Waals surface area contributed by atoms with Crippen molar-refractivity contribution in [1.29, 1.82) is 0 Å². The van der Waals surface area contributed by atoms with Crippen LogP contribution in [0.15, 0.2) is 77.3 Å². The van der Waals surface area contributed by atoms with Gasteiger partial charge in [0.25, 0.3) is 11.8 Å². The molecule has 0 aliphatic carbocycles. The summed E-state index contributed by atoms with van der Waals surface area (Å²) in [5.41, 5.74) is 2.19. The molecule has 5 nitrogen and oxygen atoms in total. The van der Waals surface area contributed by atoms with Crippen molar-refractivity contribution < 1.29 is 18.1 Å². The molecule has 0 bridgehead atoms. The number of rotatable bonds is 4. The minimum Gasteiger partial charge on any atom is -0.334 e. The van der Waals surface area contributed by atoms with Gasteiger partial charge in [-0.25, -0.2) is 8.78 Å². The van der Waals surface area contributed by atoms with E-state index in [2.05, 4.69) is 15.5 Å². The normalized spacial score (nSPS) is 10.6. The third-order valence-electron chi connectivity index (χ3n) is 4.02. The van der Waals surface area contributed by atoms with Crippen LogP contribution in [0.1, 0.15) is 10.4 Å². The van der Waals surface area contributed by atoms with Crippen LogP contribution in [0.5, 0.6) is 0 Å². The topological polar surface area (TPSA) is 68.0 Å². The fourth-order valence-electron chi connectivity index (χ4n) is 2.56. The minimum atomic E-state index is -0.373. The van der Waals surface area contributed by atoms with E-state index in [9.17, 15) is 13.6 Å². The van der Waals surface area contributed by atoms with Crippen LogP contribution in [-0.2, 0) is 0 Å². The summed E-state index contributed by atoms with van der Waals surface area (Å²) in [6.07, 6.45) is 0. The van der Waals surface area contributed by atoms with Crippen molar-refractivity contribution in [3.8, 4) is 22.8 Å². The first-order chi connectivity index (χ1) is 13.6. The first-order valence-corrected chi connectivity index (χ1v) is 8.35. The summed E-state index contributed by atoms with van der Waals surface area (Å²) in [5, 5.41) is 6.58. The molecule has 0 saturated carbocycles. The zero-order chi connectivity index (χ0) is 19.5. The van der Waals surface area contributed by atoms with Gasteiger partial charge in [0, 0.05) is 22.4 Å². The molecule has 1 heterocycles. The average Bonchev–Trinajstić information content (AvgIpc) is 3.20. The Labute approximate surface area is 158 Å². The number of benzene rings is 3. The van der Waals surface area contributed by atoms with E-state index in [-0.39, 0.29) is 23.4 Å². The third-order valence-corrected chi connectivity index (χ3v) is 4.02. The van der Waals surface area contributed by atoms with E-state index in [0.29, 0.717) is 28.2 Å². The van der Waals surface area contributed by atoms with E-state index in [1.165, 1.54) is 36.4 Å². The van der Waals surface area contributed by atoms with Crippen LogP contribution in [0.25, 0.3) is 22.8 Å². The Balaban J connectivity index is 1.49. The maximum atomic E-state index is 13.0. The SMILES string of the molecule is O=C(Nc1ccc(F)cc1)c1ccc(-c2nc(-c3ccc(F)cc3)no2)cc1. The lowest BCUT2D eigenvalue weighted by Crippen LogP contribution is -2.11. The molecule has 4 aromatic rings. The molecule has 0 spiro atoms. The third kappa shape index (κ3) is 3.78. The van der Waals surface area contributed by atoms with Gasteiger partial charge in [0.15, 0.2) is 0 Å². The number of hydrogen-bond donors (Lipinski definition) is 1. The standard InChI is InChI=1S/C21H13F2N3O2/c22-16-7-5-13(6-8-16)19-25-21(28-26-19)15-3-1-14(2-4-15)20(27)24-18-11-9-17(23)10-12-18/h1-12H,(H,24,27). The highest BCUT2D eigenvalue weighted by atomic mass is 19.1. The lowest BCUT2D eigenvalue weighted by Gasteiger charge is -2.05. The lowest BCUT2D eigenvalue weighted by atomic mass is 10.1. The van der Waals surface area contributed by atoms with Crippen molar-refractivity contribution in [2.24, 2.45) is 0 Å². The van der Waals surface area contributed by atoms with Crippen LogP contribution in [-0.4, -0.2) is 16.0 Å². The highest BCUT2D eigenvalue weighted by Crippen LogP contribution is 2.23. The first kappa shape index (κ1) is 17.5. The molecular formula is C21H13F2N3O2. The Morgan fingerprint density at radius 3 is 2.00 bits per heavy atom. The Hall–Kier alpha value is -3.87. The molecule has 138 valence electrons. The zero-order valence-corrected chi connectivity index (χ0v) is 14.4. The summed E-state index contributed by atoms with van der Waals surface area (Å²) in [7, 11) is 0. The summed E-state index contributed by atoms with van der Waals surface area (Å²) < 4.78 is 31.2. The number of nitrogens with zero attached hydrogens (tertiary/aromatic N) is 2. The fourth-order valence-corrected chi connectivity index (χ4v) is 2.56. The van der Waals surface area contributed by atoms with Crippen molar-refractivity contribution in [2.45, 2.75) is 0 Å². The monoisotopic (exact) mass is 377 g/mol. The van der Waals surface area contributed by atoms with Gasteiger partial charge in [-0.2, -0.15) is 4.98 Å². The molecule has 1 amide bonds. The first-order valence-electron chi connectivity index (χ1n) is 8.35. The van der Waals surface area contributed by atoms with Gasteiger partial charge in [-0.1, -0.05) is 5.16 Å². The number of hydrogen-bond acceptors (Lipinski definition) is 4. The van der Waals surface area contributed by atoms with Crippen LogP contribution in [0, 0.1) is 11.6 Å². The van der Waals surface area contributed by atoms with Gasteiger partial charge in [-0.15, -0.1) is 0 Å². The fraction of sp³-hybridized carbons (Fsp3) is 0. The van der Waals surface area contributed by atoms with Gasteiger partial charge in [-0.3, -0.25) is 4.79 Å². The molecule has 0 saturated heterocycles. The zero-order valence-electron chi connectivity index (χ0n) is 14.4. The van der Waals surface area contributed by atoms with Gasteiger partial charge < -0.3 is 9.84 Å². The molecular weight excluding hydrogens is 364 g/mol. The van der Waals surface area contributed by atoms with E-state index in [0.717, 1.165) is 0 Å². The highest BCUT2D eigenvalue weighted by molar-refractivity contribution is 6.04. The number of carbonyl (C=O) groups excluding carboxylic acids is 1. The van der Waals surface area contributed by atoms with Gasteiger partial charge >= 0.3 is 0 Å². The molecule has 4 rings (SSSR count). The number of halogens is 2. The van der Waals surface area contributed by atoms with E-state index in [1.54, 1.807) is 36.4 Å². The van der Waals surface area contributed by atoms with Crippen LogP contribution in [0.3, 0.4) is 0 Å². The summed E-state index contributed by atoms with van der Waals surface area (Å²) >= 11 is 0. The van der Waals surface area contributed by atoms with E-state index < -0.39 is 0 Å². The molecule has 7 heteroatoms. The van der Waals surface area contributed by atoms with E-state index >= 15 is 0 Å². The molecule has 0 aliphatic rings. The van der Waals surface area contributed by atoms with Crippen LogP contribution < -0.4 is 5.32 Å². The lowest BCUT2D eigenvalue weighted by molar-refractivity contribution is 0.102. The molecule has 28 heavy (non-hydrogen) atoms. The van der Waals surface area contributed by atoms with E-state index in [4.69, 9.17) is 4.52 Å². The maximum absolute atomic E-state index is 13.0. The highest BCUT2D eigenvalue weighted by Gasteiger charge is 2.12. The number of nitrogens with one attached hydrogen (secondary N) is 1. The summed E-state index contributed by atoms with van der Waals surface area (Å²) in [6.45, 7) is 0. The predicted molar refractivity (Wildman–Crippen MR) is 99.5 cm³/mol. The molecule has 0 fully saturated rings. The molecule has 0 aliphatic heterocycles. The van der Waals surface area contributed by atoms with Gasteiger partial charge in [0.2, 0.25) is 5.82 Å². The van der Waals surface area contributed by atoms with E-state index in [1.807, 2.05) is 0 Å². The summed E-state index contributed by atoms with van der Waals surface area (Å²) in [4.78, 5) is 16.6. The van der Waals surface area contributed by atoms with Crippen LogP contribution >= 0.6 is 0 Å². The Kier molecular flexibility index (Phi) is 4.63. The molecule has 0 atom stereocenters. The number of aromatic nitrogens is 2. The molecule has 0 unspecified atom stereocenters. The van der Waals surface area contributed by atoms with Crippen LogP contribution in [0.2, 0.25) is 0 Å². The predicted octanol–water partition coefficient (Wildman–Crippen LogP) is 4.93. The molecule has 1 N–H and O–H groups in total. The smallest absolute Gasteiger partial charge is 0.258 e. The van der Waals surface area contributed by atoms with Gasteiger partial charge in [0.1, 0.15) is 11.6 Å². The number of amides is 1. The average molecular weight is 377 g/mol. The second-order valence-corrected chi connectivity index (χ2v) is 5.97. The van der Waals surface area contributed by atoms with Crippen molar-refractivity contribution in [2.75, 3.05) is 5.32 Å². The summed E-state index contributed by atoms with van der Waals surface area (Å²) in [5.74, 6) is -0.419. The molecule has 0 radical (unpaired) electrons. The van der Waals surface area contributed by atoms with Crippen molar-refractivity contribution >= 4 is 11.6 Å².